The van der Waals surface area contributed by atoms with Crippen molar-refractivity contribution in [2.45, 2.75) is 89.4 Å². The molecule has 2 aromatic carbocycles. The van der Waals surface area contributed by atoms with Gasteiger partial charge in [0, 0.05) is 36.4 Å². The van der Waals surface area contributed by atoms with Gasteiger partial charge in [0.2, 0.25) is 5.76 Å². The van der Waals surface area contributed by atoms with Crippen molar-refractivity contribution in [3.8, 4) is 11.5 Å². The summed E-state index contributed by atoms with van der Waals surface area (Å²) in [5, 5.41) is 18.2. The maximum Gasteiger partial charge on any atom is 0.294 e. The van der Waals surface area contributed by atoms with E-state index in [4.69, 9.17) is 18.6 Å². The minimum absolute atomic E-state index is 0.00271. The second-order valence-electron chi connectivity index (χ2n) is 12.2. The molecule has 2 unspecified atom stereocenters. The van der Waals surface area contributed by atoms with Gasteiger partial charge in [-0.15, -0.1) is 0 Å². The second-order valence-corrected chi connectivity index (χ2v) is 12.2. The number of nitrogens with zero attached hydrogens (tertiary/aromatic N) is 1. The summed E-state index contributed by atoms with van der Waals surface area (Å²) in [6, 6.07) is 9.26. The molecule has 2 aliphatic rings. The molecule has 11 heteroatoms. The number of aliphatic hydroxyl groups is 1. The van der Waals surface area contributed by atoms with Crippen LogP contribution in [0.2, 0.25) is 0 Å². The van der Waals surface area contributed by atoms with Crippen molar-refractivity contribution < 1.29 is 37.7 Å². The number of nitrogens with one attached hydrogen (secondary N) is 2. The summed E-state index contributed by atoms with van der Waals surface area (Å²) in [7, 11) is 3.08. The van der Waals surface area contributed by atoms with E-state index in [1.807, 2.05) is 20.8 Å². The maximum absolute atomic E-state index is 14.6. The van der Waals surface area contributed by atoms with E-state index in [0.717, 1.165) is 12.8 Å². The number of hydrogen-bond donors (Lipinski definition) is 3. The highest BCUT2D eigenvalue weighted by atomic mass is 19.1. The molecule has 0 saturated heterocycles. The quantitative estimate of drug-likeness (QED) is 0.265. The molecule has 1 aliphatic heterocycles. The zero-order valence-corrected chi connectivity index (χ0v) is 26.2. The van der Waals surface area contributed by atoms with Crippen LogP contribution in [-0.4, -0.2) is 72.1 Å². The average Bonchev–Trinajstić information content (AvgIpc) is 3.33. The topological polar surface area (TPSA) is 123 Å². The molecule has 0 radical (unpaired) electrons. The highest BCUT2D eigenvalue weighted by molar-refractivity contribution is 6.04. The minimum Gasteiger partial charge on any atom is -0.496 e. The number of aliphatic hydroxyl groups excluding tert-OH is 1. The summed E-state index contributed by atoms with van der Waals surface area (Å²) in [6.45, 7) is 7.66. The van der Waals surface area contributed by atoms with Crippen molar-refractivity contribution >= 4 is 22.8 Å². The number of rotatable bonds is 11. The number of carbonyl (C=O) groups excluding carboxylic acids is 2. The first-order valence-electron chi connectivity index (χ1n) is 15.1. The smallest absolute Gasteiger partial charge is 0.294 e. The zero-order valence-electron chi connectivity index (χ0n) is 26.2. The number of ether oxygens (including phenoxy) is 3. The van der Waals surface area contributed by atoms with Gasteiger partial charge in [0.25, 0.3) is 11.8 Å². The van der Waals surface area contributed by atoms with Gasteiger partial charge in [0.15, 0.2) is 5.75 Å². The fraction of sp³-hybridized carbons (Fsp3) is 0.515. The number of amides is 2. The Morgan fingerprint density at radius 2 is 1.95 bits per heavy atom. The Morgan fingerprint density at radius 3 is 2.61 bits per heavy atom. The number of furan rings is 1. The molecular formula is C33H42FN3O7. The zero-order chi connectivity index (χ0) is 31.8. The minimum atomic E-state index is -1.31. The third kappa shape index (κ3) is 5.64. The van der Waals surface area contributed by atoms with Gasteiger partial charge in [-0.05, 0) is 69.9 Å². The van der Waals surface area contributed by atoms with E-state index < -0.39 is 23.5 Å². The molecule has 2 amide bonds. The van der Waals surface area contributed by atoms with E-state index in [2.05, 4.69) is 10.6 Å². The second kappa shape index (κ2) is 12.4. The first-order valence-corrected chi connectivity index (χ1v) is 15.1. The summed E-state index contributed by atoms with van der Waals surface area (Å²) in [5.41, 5.74) is -0.594. The number of benzene rings is 2. The molecule has 1 aliphatic carbocycles. The Kier molecular flexibility index (Phi) is 8.93. The highest BCUT2D eigenvalue weighted by Crippen LogP contribution is 2.43. The highest BCUT2D eigenvalue weighted by Gasteiger charge is 2.53. The van der Waals surface area contributed by atoms with Gasteiger partial charge in [-0.1, -0.05) is 19.9 Å². The monoisotopic (exact) mass is 611 g/mol. The predicted octanol–water partition coefficient (Wildman–Crippen LogP) is 4.77. The third-order valence-corrected chi connectivity index (χ3v) is 9.48. The fourth-order valence-electron chi connectivity index (χ4n) is 5.96. The summed E-state index contributed by atoms with van der Waals surface area (Å²) in [5.74, 6) is -0.564. The first kappa shape index (κ1) is 31.7. The third-order valence-electron chi connectivity index (χ3n) is 9.48. The van der Waals surface area contributed by atoms with Gasteiger partial charge in [-0.3, -0.25) is 14.9 Å². The number of hydrogen-bond acceptors (Lipinski definition) is 8. The van der Waals surface area contributed by atoms with E-state index in [1.54, 1.807) is 49.3 Å². The normalized spacial score (nSPS) is 22.5. The van der Waals surface area contributed by atoms with Gasteiger partial charge < -0.3 is 34.0 Å². The van der Waals surface area contributed by atoms with Crippen LogP contribution in [0.1, 0.15) is 79.9 Å². The van der Waals surface area contributed by atoms with E-state index >= 15 is 0 Å². The van der Waals surface area contributed by atoms with Crippen LogP contribution in [0.3, 0.4) is 0 Å². The van der Waals surface area contributed by atoms with Gasteiger partial charge in [-0.2, -0.15) is 0 Å². The van der Waals surface area contributed by atoms with Crippen molar-refractivity contribution in [1.29, 1.82) is 0 Å². The van der Waals surface area contributed by atoms with Gasteiger partial charge >= 0.3 is 0 Å². The van der Waals surface area contributed by atoms with Crippen molar-refractivity contribution in [1.82, 2.24) is 15.5 Å². The summed E-state index contributed by atoms with van der Waals surface area (Å²) in [4.78, 5) is 29.0. The maximum atomic E-state index is 14.6. The molecule has 238 valence electrons. The lowest BCUT2D eigenvalue weighted by atomic mass is 9.83. The van der Waals surface area contributed by atoms with Crippen LogP contribution in [0.4, 0.5) is 4.39 Å². The molecule has 1 aromatic heterocycles. The lowest BCUT2D eigenvalue weighted by Gasteiger charge is -2.51. The van der Waals surface area contributed by atoms with Crippen LogP contribution in [0.15, 0.2) is 40.8 Å². The number of fused-ring (bicyclic) bond motifs is 3. The Hall–Kier alpha value is -3.67. The van der Waals surface area contributed by atoms with Crippen molar-refractivity contribution in [2.24, 2.45) is 0 Å². The molecule has 1 saturated carbocycles. The number of halogens is 1. The average molecular weight is 612 g/mol. The Balaban J connectivity index is 1.46. The largest absolute Gasteiger partial charge is 0.496 e. The summed E-state index contributed by atoms with van der Waals surface area (Å²) < 4.78 is 37.8. The summed E-state index contributed by atoms with van der Waals surface area (Å²) in [6.07, 6.45) is 1.36. The standard InChI is InChI=1S/C33H42FN3O7/c1-7-32(3,8-2)36-29(38)19-12-13-22-26(14-19)44-28-27(22)43-18-33(4,37(30(28)39)20-15-21(16-20)41-5)31(40)35-17-23-24(34)10-9-11-25(23)42-6/h9-14,20-21,31,35,40H,7-8,15-18H2,1-6H3,(H,36,38). The van der Waals surface area contributed by atoms with Gasteiger partial charge in [0.05, 0.1) is 18.6 Å². The molecule has 3 aromatic rings. The molecule has 1 fully saturated rings. The van der Waals surface area contributed by atoms with Gasteiger partial charge in [-0.25, -0.2) is 4.39 Å². The van der Waals surface area contributed by atoms with Crippen molar-refractivity contribution in [2.75, 3.05) is 20.8 Å². The van der Waals surface area contributed by atoms with E-state index in [-0.39, 0.29) is 53.8 Å². The lowest BCUT2D eigenvalue weighted by Crippen LogP contribution is -2.68. The molecule has 0 bridgehead atoms. The van der Waals surface area contributed by atoms with Gasteiger partial charge in [0.1, 0.15) is 35.5 Å². The van der Waals surface area contributed by atoms with E-state index in [1.165, 1.54) is 13.2 Å². The van der Waals surface area contributed by atoms with Crippen LogP contribution in [0.25, 0.3) is 11.0 Å². The lowest BCUT2D eigenvalue weighted by molar-refractivity contribution is -0.0997. The Bertz CT molecular complexity index is 1530. The van der Waals surface area contributed by atoms with Crippen LogP contribution in [0.5, 0.6) is 11.5 Å². The van der Waals surface area contributed by atoms with Crippen LogP contribution in [-0.2, 0) is 11.3 Å². The Morgan fingerprint density at radius 1 is 1.23 bits per heavy atom. The number of carbonyl (C=O) groups is 2. The Labute approximate surface area is 256 Å². The van der Waals surface area contributed by atoms with Crippen LogP contribution in [0, 0.1) is 5.82 Å². The first-order chi connectivity index (χ1) is 21.0. The molecule has 10 nitrogen and oxygen atoms in total. The molecule has 2 atom stereocenters. The molecule has 3 N–H and O–H groups in total. The molecule has 2 heterocycles. The van der Waals surface area contributed by atoms with Crippen LogP contribution < -0.4 is 20.1 Å². The predicted molar refractivity (Wildman–Crippen MR) is 162 cm³/mol. The molecule has 0 spiro atoms. The van der Waals surface area contributed by atoms with E-state index in [9.17, 15) is 19.1 Å². The molecule has 5 rings (SSSR count). The fourth-order valence-corrected chi connectivity index (χ4v) is 5.96. The number of methoxy groups -OCH3 is 2. The van der Waals surface area contributed by atoms with Crippen molar-refractivity contribution in [3.63, 3.8) is 0 Å². The summed E-state index contributed by atoms with van der Waals surface area (Å²) >= 11 is 0. The SMILES string of the molecule is CCC(C)(CC)NC(=O)c1ccc2c3c(oc2c1)C(=O)N(C1CC(OC)C1)C(C)(C(O)NCc1c(F)cccc1OC)CO3. The van der Waals surface area contributed by atoms with Crippen molar-refractivity contribution in [3.05, 3.63) is 59.1 Å². The molecular weight excluding hydrogens is 569 g/mol. The van der Waals surface area contributed by atoms with Crippen LogP contribution >= 0.6 is 0 Å². The van der Waals surface area contributed by atoms with E-state index in [0.29, 0.717) is 35.1 Å². The molecule has 44 heavy (non-hydrogen) atoms.